The summed E-state index contributed by atoms with van der Waals surface area (Å²) < 4.78 is 2.13. The Morgan fingerprint density at radius 2 is 2.03 bits per heavy atom. The van der Waals surface area contributed by atoms with Crippen molar-refractivity contribution in [3.05, 3.63) is 58.9 Å². The number of allylic oxidation sites excluding steroid dienone is 1. The third kappa shape index (κ3) is 5.31. The molecule has 0 N–H and O–H groups in total. The molecule has 1 aliphatic heterocycles. The van der Waals surface area contributed by atoms with Crippen molar-refractivity contribution in [2.75, 3.05) is 18.6 Å². The summed E-state index contributed by atoms with van der Waals surface area (Å²) in [4.78, 5) is 15.8. The van der Waals surface area contributed by atoms with Gasteiger partial charge in [-0.15, -0.1) is 0 Å². The van der Waals surface area contributed by atoms with Gasteiger partial charge in [0.15, 0.2) is 5.78 Å². The van der Waals surface area contributed by atoms with Gasteiger partial charge in [-0.1, -0.05) is 13.0 Å². The number of rotatable bonds is 9. The Labute approximate surface area is 190 Å². The second kappa shape index (κ2) is 10.8. The number of hydrogen-bond acceptors (Lipinski definition) is 4. The molecule has 164 valence electrons. The number of aromatic nitrogens is 1. The van der Waals surface area contributed by atoms with Gasteiger partial charge < -0.3 is 4.57 Å². The molecular weight excluding hydrogens is 402 g/mol. The topological polar surface area (TPSA) is 49.0 Å². The summed E-state index contributed by atoms with van der Waals surface area (Å²) in [6.45, 7) is 6.95. The molecule has 0 amide bonds. The first-order chi connectivity index (χ1) is 15.0. The maximum absolute atomic E-state index is 13.4. The van der Waals surface area contributed by atoms with Crippen LogP contribution < -0.4 is 0 Å². The Balaban J connectivity index is 1.95. The lowest BCUT2D eigenvalue weighted by Crippen LogP contribution is -2.38. The number of hydrogen-bond donors (Lipinski definition) is 0. The first-order valence-corrected chi connectivity index (χ1v) is 12.6. The quantitative estimate of drug-likeness (QED) is 0.365. The number of Topliss-reactive ketones (excluding diaryl/α,β-unsaturated/α-hetero) is 1. The predicted molar refractivity (Wildman–Crippen MR) is 131 cm³/mol. The van der Waals surface area contributed by atoms with Crippen LogP contribution in [0.25, 0.3) is 11.8 Å². The van der Waals surface area contributed by atoms with Gasteiger partial charge in [0.1, 0.15) is 0 Å². The lowest BCUT2D eigenvalue weighted by atomic mass is 10.1. The average molecular weight is 436 g/mol. The molecule has 2 atom stereocenters. The van der Waals surface area contributed by atoms with Gasteiger partial charge in [-0.25, -0.2) is 0 Å². The number of carbonyl (C=O) groups is 1. The Morgan fingerprint density at radius 1 is 1.29 bits per heavy atom. The van der Waals surface area contributed by atoms with Crippen molar-refractivity contribution in [2.45, 2.75) is 58.5 Å². The molecule has 1 saturated heterocycles. The summed E-state index contributed by atoms with van der Waals surface area (Å²) in [6.07, 6.45) is 10.8. The van der Waals surface area contributed by atoms with Crippen LogP contribution >= 0.6 is 11.8 Å². The molecule has 31 heavy (non-hydrogen) atoms. The molecule has 1 fully saturated rings. The number of ketones is 1. The normalized spacial score (nSPS) is 19.2. The second-order valence-electron chi connectivity index (χ2n) is 8.33. The highest BCUT2D eigenvalue weighted by atomic mass is 32.2. The average Bonchev–Trinajstić information content (AvgIpc) is 3.30. The van der Waals surface area contributed by atoms with Crippen molar-refractivity contribution in [2.24, 2.45) is 0 Å². The Kier molecular flexibility index (Phi) is 8.17. The Bertz CT molecular complexity index is 968. The van der Waals surface area contributed by atoms with Crippen LogP contribution in [-0.4, -0.2) is 45.9 Å². The van der Waals surface area contributed by atoms with Crippen molar-refractivity contribution < 1.29 is 4.79 Å². The van der Waals surface area contributed by atoms with Crippen molar-refractivity contribution in [1.82, 2.24) is 9.47 Å². The Hall–Kier alpha value is -2.29. The lowest BCUT2D eigenvalue weighted by Gasteiger charge is -2.26. The molecule has 2 heterocycles. The zero-order valence-electron chi connectivity index (χ0n) is 19.1. The fourth-order valence-corrected chi connectivity index (χ4v) is 4.93. The van der Waals surface area contributed by atoms with Gasteiger partial charge >= 0.3 is 0 Å². The second-order valence-corrected chi connectivity index (χ2v) is 9.32. The van der Waals surface area contributed by atoms with E-state index >= 15 is 0 Å². The molecule has 2 aromatic rings. The summed E-state index contributed by atoms with van der Waals surface area (Å²) in [7, 11) is 0. The molecular formula is C26H33N3OS. The van der Waals surface area contributed by atoms with E-state index in [4.69, 9.17) is 5.26 Å². The van der Waals surface area contributed by atoms with Gasteiger partial charge in [0.25, 0.3) is 0 Å². The molecule has 0 radical (unpaired) electrons. The number of nitrogens with zero attached hydrogens (tertiary/aromatic N) is 3. The zero-order chi connectivity index (χ0) is 22.4. The number of likely N-dealkylation sites (tertiary alicyclic amines) is 1. The van der Waals surface area contributed by atoms with Gasteiger partial charge in [-0.05, 0) is 87.9 Å². The van der Waals surface area contributed by atoms with Crippen LogP contribution in [0.4, 0.5) is 0 Å². The minimum Gasteiger partial charge on any atom is -0.314 e. The summed E-state index contributed by atoms with van der Waals surface area (Å²) in [6, 6.07) is 12.7. The van der Waals surface area contributed by atoms with Crippen molar-refractivity contribution in [3.63, 3.8) is 0 Å². The van der Waals surface area contributed by atoms with E-state index in [1.807, 2.05) is 49.0 Å². The molecule has 0 aliphatic carbocycles. The van der Waals surface area contributed by atoms with Gasteiger partial charge in [0.05, 0.1) is 18.2 Å². The minimum absolute atomic E-state index is 0.191. The number of benzene rings is 1. The standard InChI is InChI=1S/C26H33N3OS/c1-5-22-12-9-19(2)28(22)18-26(30)25-16-24(8-6-7-15-31-4)29(20(25)3)23-13-10-21(17-27)11-14-23/h6,8,10-11,13-14,16,19,22H,5,7,9,12,15,18H2,1-4H3/b8-6+. The van der Waals surface area contributed by atoms with Crippen LogP contribution in [-0.2, 0) is 0 Å². The van der Waals surface area contributed by atoms with Crippen LogP contribution in [0.15, 0.2) is 36.4 Å². The minimum atomic E-state index is 0.191. The molecule has 5 heteroatoms. The van der Waals surface area contributed by atoms with Gasteiger partial charge in [-0.3, -0.25) is 9.69 Å². The number of nitriles is 1. The predicted octanol–water partition coefficient (Wildman–Crippen LogP) is 5.87. The van der Waals surface area contributed by atoms with Crippen LogP contribution in [0.1, 0.15) is 66.8 Å². The summed E-state index contributed by atoms with van der Waals surface area (Å²) in [5, 5.41) is 9.13. The summed E-state index contributed by atoms with van der Waals surface area (Å²) >= 11 is 1.83. The van der Waals surface area contributed by atoms with Crippen molar-refractivity contribution >= 4 is 23.6 Å². The molecule has 0 bridgehead atoms. The highest BCUT2D eigenvalue weighted by Gasteiger charge is 2.31. The van der Waals surface area contributed by atoms with Gasteiger partial charge in [0, 0.05) is 34.7 Å². The zero-order valence-corrected chi connectivity index (χ0v) is 19.9. The molecule has 1 aromatic carbocycles. The van der Waals surface area contributed by atoms with E-state index in [9.17, 15) is 4.79 Å². The number of carbonyl (C=O) groups excluding carboxylic acids is 1. The van der Waals surface area contributed by atoms with Crippen molar-refractivity contribution in [3.8, 4) is 11.8 Å². The largest absolute Gasteiger partial charge is 0.314 e. The van der Waals surface area contributed by atoms with E-state index in [2.05, 4.69) is 47.8 Å². The van der Waals surface area contributed by atoms with Gasteiger partial charge in [0.2, 0.25) is 0 Å². The summed E-state index contributed by atoms with van der Waals surface area (Å²) in [5.74, 6) is 1.26. The van der Waals surface area contributed by atoms with Gasteiger partial charge in [-0.2, -0.15) is 17.0 Å². The van der Waals surface area contributed by atoms with Crippen LogP contribution in [0.5, 0.6) is 0 Å². The van der Waals surface area contributed by atoms with Crippen LogP contribution in [0, 0.1) is 18.3 Å². The highest BCUT2D eigenvalue weighted by Crippen LogP contribution is 2.28. The fraction of sp³-hybridized carbons (Fsp3) is 0.462. The third-order valence-corrected chi connectivity index (χ3v) is 7.00. The summed E-state index contributed by atoms with van der Waals surface area (Å²) in [5.41, 5.74) is 4.37. The van der Waals surface area contributed by atoms with E-state index in [1.54, 1.807) is 0 Å². The molecule has 0 spiro atoms. The molecule has 4 nitrogen and oxygen atoms in total. The smallest absolute Gasteiger partial charge is 0.178 e. The lowest BCUT2D eigenvalue weighted by molar-refractivity contribution is 0.0888. The first-order valence-electron chi connectivity index (χ1n) is 11.2. The Morgan fingerprint density at radius 3 is 2.68 bits per heavy atom. The van der Waals surface area contributed by atoms with Crippen LogP contribution in [0.2, 0.25) is 0 Å². The van der Waals surface area contributed by atoms with E-state index in [1.165, 1.54) is 12.8 Å². The van der Waals surface area contributed by atoms with E-state index in [-0.39, 0.29) is 5.78 Å². The van der Waals surface area contributed by atoms with E-state index in [0.717, 1.165) is 41.2 Å². The third-order valence-electron chi connectivity index (χ3n) is 6.36. The van der Waals surface area contributed by atoms with Crippen molar-refractivity contribution in [1.29, 1.82) is 5.26 Å². The highest BCUT2D eigenvalue weighted by molar-refractivity contribution is 7.98. The molecule has 1 aliphatic rings. The molecule has 0 saturated carbocycles. The fourth-order valence-electron chi connectivity index (χ4n) is 4.55. The monoisotopic (exact) mass is 435 g/mol. The molecule has 3 rings (SSSR count). The number of thioether (sulfide) groups is 1. The molecule has 2 unspecified atom stereocenters. The first kappa shape index (κ1) is 23.4. The maximum atomic E-state index is 13.4. The molecule has 1 aromatic heterocycles. The van der Waals surface area contributed by atoms with E-state index in [0.29, 0.717) is 24.2 Å². The van der Waals surface area contributed by atoms with E-state index < -0.39 is 0 Å². The SMILES string of the molecule is CCC1CCC(C)N1CC(=O)c1cc(/C=C/CCSC)n(-c2ccc(C#N)cc2)c1C. The maximum Gasteiger partial charge on any atom is 0.178 e. The van der Waals surface area contributed by atoms with Crippen LogP contribution in [0.3, 0.4) is 0 Å².